The van der Waals surface area contributed by atoms with Crippen LogP contribution < -0.4 is 16.2 Å². The minimum Gasteiger partial charge on any atom is -0.331 e. The maximum Gasteiger partial charge on any atom is 0.333 e. The van der Waals surface area contributed by atoms with E-state index in [4.69, 9.17) is 4.98 Å². The number of aromatic nitrogens is 1. The number of fused-ring (bicyclic) bond motifs is 3. The fourth-order valence-corrected chi connectivity index (χ4v) is 5.62. The highest BCUT2D eigenvalue weighted by molar-refractivity contribution is 6.07. The number of hydrogen-bond acceptors (Lipinski definition) is 3. The number of urea groups is 1. The topological polar surface area (TPSA) is 83.1 Å². The van der Waals surface area contributed by atoms with Gasteiger partial charge in [0.1, 0.15) is 0 Å². The monoisotopic (exact) mass is 454 g/mol. The Morgan fingerprint density at radius 1 is 1.06 bits per heavy atom. The molecular formula is C28H30N4O2. The number of carbonyl (C=O) groups excluding carboxylic acids is 2. The molecule has 2 unspecified atom stereocenters. The lowest BCUT2D eigenvalue weighted by Gasteiger charge is -2.37. The molecule has 2 aromatic carbocycles. The molecule has 174 valence electrons. The van der Waals surface area contributed by atoms with Crippen LogP contribution in [0.15, 0.2) is 60.2 Å². The molecule has 5 rings (SSSR count). The zero-order valence-corrected chi connectivity index (χ0v) is 19.9. The quantitative estimate of drug-likeness (QED) is 0.368. The highest BCUT2D eigenvalue weighted by Gasteiger charge is 2.41. The van der Waals surface area contributed by atoms with E-state index in [0.29, 0.717) is 11.5 Å². The van der Waals surface area contributed by atoms with Crippen LogP contribution in [0, 0.1) is 19.8 Å². The Morgan fingerprint density at radius 3 is 2.71 bits per heavy atom. The smallest absolute Gasteiger partial charge is 0.331 e. The molecule has 1 aromatic heterocycles. The van der Waals surface area contributed by atoms with Gasteiger partial charge in [0.2, 0.25) is 0 Å². The lowest BCUT2D eigenvalue weighted by molar-refractivity contribution is 0.0935. The first-order chi connectivity index (χ1) is 16.3. The molecule has 3 amide bonds. The molecular weight excluding hydrogens is 424 g/mol. The molecule has 1 fully saturated rings. The van der Waals surface area contributed by atoms with Crippen molar-refractivity contribution in [3.05, 3.63) is 76.9 Å². The van der Waals surface area contributed by atoms with Crippen molar-refractivity contribution < 1.29 is 9.59 Å². The average Bonchev–Trinajstić information content (AvgIpc) is 3.10. The van der Waals surface area contributed by atoms with Gasteiger partial charge in [-0.15, -0.1) is 0 Å². The first-order valence-corrected chi connectivity index (χ1v) is 11.9. The summed E-state index contributed by atoms with van der Waals surface area (Å²) in [6.45, 7) is 6.31. The van der Waals surface area contributed by atoms with Crippen molar-refractivity contribution in [2.24, 2.45) is 5.92 Å². The van der Waals surface area contributed by atoms with Crippen LogP contribution in [0.3, 0.4) is 0 Å². The van der Waals surface area contributed by atoms with E-state index in [2.05, 4.69) is 42.2 Å². The fraction of sp³-hybridized carbons (Fsp3) is 0.321. The predicted molar refractivity (Wildman–Crippen MR) is 134 cm³/mol. The Kier molecular flexibility index (Phi) is 5.60. The molecule has 1 saturated carbocycles. The predicted octanol–water partition coefficient (Wildman–Crippen LogP) is 5.35. The Morgan fingerprint density at radius 2 is 1.88 bits per heavy atom. The van der Waals surface area contributed by atoms with Gasteiger partial charge >= 0.3 is 6.03 Å². The number of benzene rings is 2. The fourth-order valence-electron chi connectivity index (χ4n) is 5.62. The summed E-state index contributed by atoms with van der Waals surface area (Å²) in [5.74, 6) is 0.170. The number of rotatable bonds is 3. The number of hydrogen-bond donors (Lipinski definition) is 3. The van der Waals surface area contributed by atoms with Gasteiger partial charge in [0.05, 0.1) is 16.8 Å². The molecule has 2 aliphatic carbocycles. The number of aryl methyl sites for hydroxylation is 2. The zero-order chi connectivity index (χ0) is 23.9. The van der Waals surface area contributed by atoms with Gasteiger partial charge in [-0.25, -0.2) is 15.2 Å². The van der Waals surface area contributed by atoms with Gasteiger partial charge in [-0.3, -0.25) is 10.2 Å². The lowest BCUT2D eigenvalue weighted by Crippen LogP contribution is -2.56. The van der Waals surface area contributed by atoms with Crippen LogP contribution in [0.25, 0.3) is 22.2 Å². The average molecular weight is 455 g/mol. The van der Waals surface area contributed by atoms with Gasteiger partial charge < -0.3 is 5.32 Å². The molecule has 2 aliphatic rings. The van der Waals surface area contributed by atoms with Gasteiger partial charge in [-0.2, -0.15) is 0 Å². The molecule has 0 radical (unpaired) electrons. The van der Waals surface area contributed by atoms with Crippen LogP contribution in [0.2, 0.25) is 0 Å². The van der Waals surface area contributed by atoms with Crippen molar-refractivity contribution in [2.75, 3.05) is 0 Å². The van der Waals surface area contributed by atoms with Gasteiger partial charge in [0.15, 0.2) is 0 Å². The third-order valence-electron chi connectivity index (χ3n) is 6.98. The van der Waals surface area contributed by atoms with Crippen LogP contribution in [0.5, 0.6) is 0 Å². The summed E-state index contributed by atoms with van der Waals surface area (Å²) < 4.78 is 0. The van der Waals surface area contributed by atoms with Gasteiger partial charge in [0.25, 0.3) is 5.91 Å². The van der Waals surface area contributed by atoms with Crippen LogP contribution >= 0.6 is 0 Å². The van der Waals surface area contributed by atoms with Gasteiger partial charge in [0, 0.05) is 16.5 Å². The minimum atomic E-state index is -0.384. The molecule has 0 saturated heterocycles. The molecule has 2 atom stereocenters. The summed E-state index contributed by atoms with van der Waals surface area (Å²) in [7, 11) is 0. The Hall–Kier alpha value is -3.67. The van der Waals surface area contributed by atoms with Crippen molar-refractivity contribution in [1.29, 1.82) is 0 Å². The van der Waals surface area contributed by atoms with E-state index < -0.39 is 0 Å². The summed E-state index contributed by atoms with van der Waals surface area (Å²) in [5, 5.41) is 3.86. The normalized spacial score (nSPS) is 21.1. The molecule has 0 aliphatic heterocycles. The third-order valence-corrected chi connectivity index (χ3v) is 6.98. The molecule has 0 spiro atoms. The Balaban J connectivity index is 1.36. The molecule has 6 heteroatoms. The van der Waals surface area contributed by atoms with E-state index in [1.807, 2.05) is 43.3 Å². The van der Waals surface area contributed by atoms with Crippen molar-refractivity contribution in [3.63, 3.8) is 0 Å². The molecule has 2 bridgehead atoms. The second kappa shape index (κ2) is 8.60. The van der Waals surface area contributed by atoms with Gasteiger partial charge in [-0.1, -0.05) is 60.5 Å². The number of pyridine rings is 1. The minimum absolute atomic E-state index is 0.235. The first-order valence-electron chi connectivity index (χ1n) is 11.9. The third kappa shape index (κ3) is 4.28. The van der Waals surface area contributed by atoms with E-state index in [1.165, 1.54) is 11.1 Å². The number of amides is 3. The van der Waals surface area contributed by atoms with Gasteiger partial charge in [-0.05, 0) is 63.1 Å². The van der Waals surface area contributed by atoms with E-state index in [0.717, 1.165) is 53.4 Å². The van der Waals surface area contributed by atoms with E-state index in [-0.39, 0.29) is 17.5 Å². The zero-order valence-electron chi connectivity index (χ0n) is 19.9. The largest absolute Gasteiger partial charge is 0.333 e. The van der Waals surface area contributed by atoms with E-state index >= 15 is 0 Å². The second-order valence-corrected chi connectivity index (χ2v) is 9.96. The summed E-state index contributed by atoms with van der Waals surface area (Å²) in [4.78, 5) is 30.7. The van der Waals surface area contributed by atoms with Crippen LogP contribution in [-0.2, 0) is 0 Å². The number of hydrazine groups is 1. The summed E-state index contributed by atoms with van der Waals surface area (Å²) in [6.07, 6.45) is 6.05. The molecule has 3 N–H and O–H groups in total. The SMILES string of the molecule is Cc1ccc(-c2cc(C(=O)NNC(=O)NC34CC=C(CC(C)C3)C4)c3ccccc3n2)c(C)c1. The van der Waals surface area contributed by atoms with E-state index in [1.54, 1.807) is 6.07 Å². The summed E-state index contributed by atoms with van der Waals surface area (Å²) >= 11 is 0. The van der Waals surface area contributed by atoms with Crippen LogP contribution in [0.1, 0.15) is 54.1 Å². The van der Waals surface area contributed by atoms with Crippen LogP contribution in [0.4, 0.5) is 4.79 Å². The van der Waals surface area contributed by atoms with Crippen molar-refractivity contribution in [3.8, 4) is 11.3 Å². The summed E-state index contributed by atoms with van der Waals surface area (Å²) in [6, 6.07) is 15.1. The maximum atomic E-state index is 13.2. The number of nitrogens with zero attached hydrogens (tertiary/aromatic N) is 1. The van der Waals surface area contributed by atoms with Crippen molar-refractivity contribution in [1.82, 2.24) is 21.2 Å². The Bertz CT molecular complexity index is 1330. The molecule has 1 heterocycles. The highest BCUT2D eigenvalue weighted by Crippen LogP contribution is 2.43. The second-order valence-electron chi connectivity index (χ2n) is 9.96. The first kappa shape index (κ1) is 22.1. The maximum absolute atomic E-state index is 13.2. The number of nitrogens with one attached hydrogen (secondary N) is 3. The number of para-hydroxylation sites is 1. The summed E-state index contributed by atoms with van der Waals surface area (Å²) in [5.41, 5.74) is 11.5. The standard InChI is InChI=1S/C28H30N4O2/c1-17-8-9-21(19(3)12-17)25-14-23(22-6-4-5-7-24(22)29-25)26(33)31-32-27(34)30-28-11-10-20(16-28)13-18(2)15-28/h4-10,12,14,18H,11,13,15-16H2,1-3H3,(H,31,33)(H2,30,32,34). The molecule has 34 heavy (non-hydrogen) atoms. The van der Waals surface area contributed by atoms with Crippen molar-refractivity contribution in [2.45, 2.75) is 52.0 Å². The highest BCUT2D eigenvalue weighted by atomic mass is 16.2. The van der Waals surface area contributed by atoms with Crippen molar-refractivity contribution >= 4 is 22.8 Å². The molecule has 6 nitrogen and oxygen atoms in total. The Labute approximate surface area is 199 Å². The lowest BCUT2D eigenvalue weighted by atomic mass is 9.78. The van der Waals surface area contributed by atoms with E-state index in [9.17, 15) is 9.59 Å². The molecule has 3 aromatic rings. The van der Waals surface area contributed by atoms with Crippen LogP contribution in [-0.4, -0.2) is 22.5 Å². The number of carbonyl (C=O) groups is 2.